The van der Waals surface area contributed by atoms with Crippen molar-refractivity contribution in [2.24, 2.45) is 0 Å². The lowest BCUT2D eigenvalue weighted by molar-refractivity contribution is -0.133. The van der Waals surface area contributed by atoms with Gasteiger partial charge in [-0.1, -0.05) is 71.8 Å². The van der Waals surface area contributed by atoms with Gasteiger partial charge in [0.25, 0.3) is 0 Å². The third-order valence-electron chi connectivity index (χ3n) is 6.76. The molecule has 0 saturated carbocycles. The van der Waals surface area contributed by atoms with E-state index in [4.69, 9.17) is 11.6 Å². The molecule has 37 heavy (non-hydrogen) atoms. The van der Waals surface area contributed by atoms with Crippen LogP contribution in [0.25, 0.3) is 0 Å². The Morgan fingerprint density at radius 2 is 1.46 bits per heavy atom. The van der Waals surface area contributed by atoms with E-state index < -0.39 is 10.0 Å². The molecule has 6 nitrogen and oxygen atoms in total. The number of carbonyl (C=O) groups is 1. The molecular weight excluding hydrogens is 506 g/mol. The van der Waals surface area contributed by atoms with Crippen LogP contribution >= 0.6 is 11.6 Å². The molecule has 3 aromatic rings. The van der Waals surface area contributed by atoms with Gasteiger partial charge in [-0.25, -0.2) is 8.42 Å². The fourth-order valence-electron chi connectivity index (χ4n) is 4.97. The number of nitrogens with zero attached hydrogens (tertiary/aromatic N) is 3. The molecule has 196 valence electrons. The molecule has 0 aliphatic carbocycles. The molecule has 1 saturated heterocycles. The number of halogens is 1. The molecule has 0 N–H and O–H groups in total. The topological polar surface area (TPSA) is 60.9 Å². The van der Waals surface area contributed by atoms with Crippen LogP contribution in [0.5, 0.6) is 0 Å². The maximum atomic E-state index is 14.0. The van der Waals surface area contributed by atoms with Crippen molar-refractivity contribution in [2.75, 3.05) is 32.7 Å². The second-order valence-electron chi connectivity index (χ2n) is 9.77. The zero-order chi connectivity index (χ0) is 26.6. The van der Waals surface area contributed by atoms with Crippen molar-refractivity contribution in [1.82, 2.24) is 14.1 Å². The highest BCUT2D eigenvalue weighted by atomic mass is 35.5. The van der Waals surface area contributed by atoms with E-state index in [1.54, 1.807) is 43.0 Å². The van der Waals surface area contributed by atoms with Gasteiger partial charge in [0.1, 0.15) is 0 Å². The lowest BCUT2D eigenvalue weighted by Gasteiger charge is -2.36. The molecule has 1 fully saturated rings. The normalized spacial score (nSPS) is 14.8. The van der Waals surface area contributed by atoms with E-state index in [0.717, 1.165) is 30.8 Å². The molecule has 0 radical (unpaired) electrons. The van der Waals surface area contributed by atoms with Gasteiger partial charge >= 0.3 is 0 Å². The van der Waals surface area contributed by atoms with Gasteiger partial charge < -0.3 is 4.90 Å². The van der Waals surface area contributed by atoms with Crippen LogP contribution in [0.1, 0.15) is 27.8 Å². The summed E-state index contributed by atoms with van der Waals surface area (Å²) in [6, 6.07) is 21.1. The molecule has 1 aliphatic rings. The summed E-state index contributed by atoms with van der Waals surface area (Å²) in [5, 5.41) is 0.577. The number of amides is 1. The summed E-state index contributed by atoms with van der Waals surface area (Å²) in [6.07, 6.45) is 0. The highest BCUT2D eigenvalue weighted by Crippen LogP contribution is 2.27. The van der Waals surface area contributed by atoms with Gasteiger partial charge in [0.15, 0.2) is 0 Å². The number of rotatable bonds is 8. The van der Waals surface area contributed by atoms with E-state index in [1.807, 2.05) is 37.3 Å². The van der Waals surface area contributed by atoms with Gasteiger partial charge in [-0.05, 0) is 55.2 Å². The fraction of sp³-hybridized carbons (Fsp3) is 0.345. The van der Waals surface area contributed by atoms with Crippen LogP contribution in [0, 0.1) is 20.8 Å². The summed E-state index contributed by atoms with van der Waals surface area (Å²) in [7, 11) is -3.93. The van der Waals surface area contributed by atoms with Crippen LogP contribution in [-0.4, -0.2) is 61.2 Å². The number of hydrogen-bond acceptors (Lipinski definition) is 4. The fourth-order valence-corrected chi connectivity index (χ4v) is 6.89. The van der Waals surface area contributed by atoms with Gasteiger partial charge in [0.2, 0.25) is 15.9 Å². The minimum absolute atomic E-state index is 0.0893. The van der Waals surface area contributed by atoms with Crippen molar-refractivity contribution >= 4 is 27.5 Å². The number of carbonyl (C=O) groups excluding carboxylic acids is 1. The van der Waals surface area contributed by atoms with Gasteiger partial charge in [0.05, 0.1) is 11.4 Å². The van der Waals surface area contributed by atoms with Crippen molar-refractivity contribution in [3.63, 3.8) is 0 Å². The first kappa shape index (κ1) is 27.3. The summed E-state index contributed by atoms with van der Waals surface area (Å²) in [5.74, 6) is -0.181. The van der Waals surface area contributed by atoms with Crippen molar-refractivity contribution in [1.29, 1.82) is 0 Å². The predicted octanol–water partition coefficient (Wildman–Crippen LogP) is 4.80. The second kappa shape index (κ2) is 11.8. The Bertz CT molecular complexity index is 1310. The molecule has 0 unspecified atom stereocenters. The lowest BCUT2D eigenvalue weighted by Crippen LogP contribution is -2.51. The van der Waals surface area contributed by atoms with Gasteiger partial charge in [-0.2, -0.15) is 4.31 Å². The van der Waals surface area contributed by atoms with E-state index in [-0.39, 0.29) is 23.9 Å². The van der Waals surface area contributed by atoms with E-state index in [1.165, 1.54) is 9.87 Å². The molecule has 1 aliphatic heterocycles. The first-order valence-electron chi connectivity index (χ1n) is 12.5. The Balaban J connectivity index is 1.52. The summed E-state index contributed by atoms with van der Waals surface area (Å²) < 4.78 is 29.2. The first-order chi connectivity index (χ1) is 17.6. The minimum Gasteiger partial charge on any atom is -0.339 e. The van der Waals surface area contributed by atoms with Crippen LogP contribution in [-0.2, 0) is 27.9 Å². The largest absolute Gasteiger partial charge is 0.339 e. The monoisotopic (exact) mass is 539 g/mol. The maximum Gasteiger partial charge on any atom is 0.244 e. The number of piperazine rings is 1. The maximum absolute atomic E-state index is 14.0. The zero-order valence-electron chi connectivity index (χ0n) is 21.7. The van der Waals surface area contributed by atoms with Crippen LogP contribution in [0.4, 0.5) is 0 Å². The van der Waals surface area contributed by atoms with E-state index in [9.17, 15) is 13.2 Å². The van der Waals surface area contributed by atoms with Crippen molar-refractivity contribution in [3.05, 3.63) is 99.6 Å². The number of aryl methyl sites for hydroxylation is 3. The van der Waals surface area contributed by atoms with Crippen LogP contribution in [0.2, 0.25) is 5.02 Å². The summed E-state index contributed by atoms with van der Waals surface area (Å²) in [5.41, 5.74) is 4.38. The molecule has 8 heteroatoms. The molecule has 0 spiro atoms. The van der Waals surface area contributed by atoms with Crippen LogP contribution < -0.4 is 0 Å². The Hall–Kier alpha value is -2.71. The first-order valence-corrected chi connectivity index (χ1v) is 14.3. The van der Waals surface area contributed by atoms with E-state index in [0.29, 0.717) is 29.2 Å². The van der Waals surface area contributed by atoms with Crippen molar-refractivity contribution in [3.8, 4) is 0 Å². The third-order valence-corrected chi connectivity index (χ3v) is 9.11. The standard InChI is InChI=1S/C29H34ClN3O3S/c1-22-17-23(2)29(24(3)18-22)37(35,36)33(20-26-9-11-27(30)12-10-26)21-28(34)32-15-13-31(14-16-32)19-25-7-5-4-6-8-25/h4-12,17-18H,13-16,19-21H2,1-3H3. The van der Waals surface area contributed by atoms with Crippen LogP contribution in [0.3, 0.4) is 0 Å². The number of hydrogen-bond donors (Lipinski definition) is 0. The zero-order valence-corrected chi connectivity index (χ0v) is 23.2. The molecule has 0 atom stereocenters. The molecule has 0 aromatic heterocycles. The molecule has 1 amide bonds. The highest BCUT2D eigenvalue weighted by Gasteiger charge is 2.32. The van der Waals surface area contributed by atoms with Crippen molar-refractivity contribution in [2.45, 2.75) is 38.8 Å². The smallest absolute Gasteiger partial charge is 0.244 e. The van der Waals surface area contributed by atoms with Gasteiger partial charge in [-0.15, -0.1) is 0 Å². The average molecular weight is 540 g/mol. The molecular formula is C29H34ClN3O3S. The Kier molecular flexibility index (Phi) is 8.70. The SMILES string of the molecule is Cc1cc(C)c(S(=O)(=O)N(CC(=O)N2CCN(Cc3ccccc3)CC2)Cc2ccc(Cl)cc2)c(C)c1. The average Bonchev–Trinajstić information content (AvgIpc) is 2.85. The number of benzene rings is 3. The summed E-state index contributed by atoms with van der Waals surface area (Å²) in [6.45, 7) is 8.92. The Morgan fingerprint density at radius 3 is 2.05 bits per heavy atom. The predicted molar refractivity (Wildman–Crippen MR) is 148 cm³/mol. The molecule has 4 rings (SSSR count). The van der Waals surface area contributed by atoms with Gasteiger partial charge in [-0.3, -0.25) is 9.69 Å². The van der Waals surface area contributed by atoms with Crippen molar-refractivity contribution < 1.29 is 13.2 Å². The van der Waals surface area contributed by atoms with Gasteiger partial charge in [0, 0.05) is 44.3 Å². The quantitative estimate of drug-likeness (QED) is 0.412. The second-order valence-corrected chi connectivity index (χ2v) is 12.1. The van der Waals surface area contributed by atoms with Crippen LogP contribution in [0.15, 0.2) is 71.6 Å². The molecule has 3 aromatic carbocycles. The Labute approximate surface area is 225 Å². The number of sulfonamides is 1. The highest BCUT2D eigenvalue weighted by molar-refractivity contribution is 7.89. The summed E-state index contributed by atoms with van der Waals surface area (Å²) in [4.78, 5) is 17.8. The summed E-state index contributed by atoms with van der Waals surface area (Å²) >= 11 is 6.04. The lowest BCUT2D eigenvalue weighted by atomic mass is 10.1. The minimum atomic E-state index is -3.93. The Morgan fingerprint density at radius 1 is 0.865 bits per heavy atom. The third kappa shape index (κ3) is 6.79. The van der Waals surface area contributed by atoms with E-state index >= 15 is 0 Å². The van der Waals surface area contributed by atoms with E-state index in [2.05, 4.69) is 17.0 Å². The molecule has 1 heterocycles. The molecule has 0 bridgehead atoms.